The first kappa shape index (κ1) is 21.9. The topological polar surface area (TPSA) is 24.5 Å². The molecule has 1 N–H and O–H groups in total. The molecule has 0 saturated heterocycles. The highest BCUT2D eigenvalue weighted by molar-refractivity contribution is 6.35. The molecule has 1 unspecified atom stereocenters. The van der Waals surface area contributed by atoms with E-state index in [-0.39, 0.29) is 11.6 Å². The van der Waals surface area contributed by atoms with Gasteiger partial charge in [-0.1, -0.05) is 43.1 Å². The fraction of sp³-hybridized carbons (Fsp3) is 0.429. The van der Waals surface area contributed by atoms with E-state index in [4.69, 9.17) is 27.9 Å². The van der Waals surface area contributed by atoms with E-state index in [2.05, 4.69) is 5.32 Å². The highest BCUT2D eigenvalue weighted by Gasteiger charge is 2.41. The Labute approximate surface area is 178 Å². The monoisotopic (exact) mass is 446 g/mol. The Kier molecular flexibility index (Phi) is 6.16. The van der Waals surface area contributed by atoms with Crippen LogP contribution in [0.3, 0.4) is 0 Å². The molecule has 0 aromatic heterocycles. The number of nitrogens with one attached hydrogen (secondary N) is 1. The maximum absolute atomic E-state index is 13.7. The average Bonchev–Trinajstić information content (AvgIpc) is 2.95. The van der Waals surface area contributed by atoms with E-state index in [1.807, 2.05) is 13.8 Å². The van der Waals surface area contributed by atoms with Crippen molar-refractivity contribution < 1.29 is 17.9 Å². The Hall–Kier alpha value is -1.79. The maximum Gasteiger partial charge on any atom is 0.418 e. The molecule has 3 nitrogen and oxygen atoms in total. The van der Waals surface area contributed by atoms with Gasteiger partial charge in [-0.3, -0.25) is 0 Å². The molecule has 2 aromatic carbocycles. The molecule has 0 amide bonds. The number of anilines is 2. The summed E-state index contributed by atoms with van der Waals surface area (Å²) in [5.74, 6) is 0.528. The normalized spacial score (nSPS) is 16.2. The number of hydrogen-bond donors (Lipinski definition) is 1. The standard InChI is InChI=1S/C21H23Cl2F3N2O/c1-5-12(6-2)14-7-8-15(21(24,25)26)17-18(14)28(4)20(27-17)29-19-11(3)9-13(22)10-16(19)23/h7-10,12,20,27H,5-6H2,1-4H3. The number of ether oxygens (including phenoxy) is 1. The number of halogens is 5. The van der Waals surface area contributed by atoms with Crippen LogP contribution in [-0.4, -0.2) is 13.4 Å². The summed E-state index contributed by atoms with van der Waals surface area (Å²) in [4.78, 5) is 1.70. The summed E-state index contributed by atoms with van der Waals surface area (Å²) in [6.45, 7) is 5.85. The van der Waals surface area contributed by atoms with Gasteiger partial charge < -0.3 is 15.0 Å². The van der Waals surface area contributed by atoms with Gasteiger partial charge in [0.25, 0.3) is 6.35 Å². The van der Waals surface area contributed by atoms with Crippen molar-refractivity contribution in [1.82, 2.24) is 0 Å². The van der Waals surface area contributed by atoms with E-state index in [9.17, 15) is 13.2 Å². The molecule has 1 aliphatic rings. The summed E-state index contributed by atoms with van der Waals surface area (Å²) in [5.41, 5.74) is 1.42. The number of fused-ring (bicyclic) bond motifs is 1. The van der Waals surface area contributed by atoms with Crippen molar-refractivity contribution >= 4 is 34.6 Å². The van der Waals surface area contributed by atoms with Gasteiger partial charge >= 0.3 is 6.18 Å². The second-order valence-electron chi connectivity index (χ2n) is 7.20. The summed E-state index contributed by atoms with van der Waals surface area (Å²) in [5, 5.41) is 3.68. The van der Waals surface area contributed by atoms with Crippen molar-refractivity contribution in [3.8, 4) is 5.75 Å². The lowest BCUT2D eigenvalue weighted by Gasteiger charge is -2.26. The zero-order valence-electron chi connectivity index (χ0n) is 16.6. The lowest BCUT2D eigenvalue weighted by Crippen LogP contribution is -2.38. The minimum atomic E-state index is -4.48. The van der Waals surface area contributed by atoms with Crippen LogP contribution in [-0.2, 0) is 6.18 Å². The molecule has 0 radical (unpaired) electrons. The lowest BCUT2D eigenvalue weighted by atomic mass is 9.90. The molecule has 8 heteroatoms. The van der Waals surface area contributed by atoms with E-state index in [1.165, 1.54) is 0 Å². The number of alkyl halides is 3. The Bertz CT molecular complexity index is 891. The number of rotatable bonds is 5. The van der Waals surface area contributed by atoms with E-state index in [0.29, 0.717) is 27.0 Å². The molecule has 2 aromatic rings. The van der Waals surface area contributed by atoms with Gasteiger partial charge in [0.1, 0.15) is 5.75 Å². The zero-order chi connectivity index (χ0) is 21.5. The van der Waals surface area contributed by atoms with Crippen molar-refractivity contribution in [3.63, 3.8) is 0 Å². The molecule has 0 saturated carbocycles. The SMILES string of the molecule is CCC(CC)c1ccc(C(F)(F)F)c2c1N(C)C(Oc1c(C)cc(Cl)cc1Cl)N2. The Morgan fingerprint density at radius 3 is 2.38 bits per heavy atom. The molecule has 0 aliphatic carbocycles. The maximum atomic E-state index is 13.7. The van der Waals surface area contributed by atoms with E-state index < -0.39 is 18.1 Å². The van der Waals surface area contributed by atoms with E-state index in [1.54, 1.807) is 37.1 Å². The van der Waals surface area contributed by atoms with Crippen molar-refractivity contribution in [2.24, 2.45) is 0 Å². The molecule has 158 valence electrons. The largest absolute Gasteiger partial charge is 0.450 e. The number of benzene rings is 2. The summed E-state index contributed by atoms with van der Waals surface area (Å²) in [6, 6.07) is 5.97. The van der Waals surface area contributed by atoms with Crippen molar-refractivity contribution in [1.29, 1.82) is 0 Å². The molecule has 3 rings (SSSR count). The molecule has 0 fully saturated rings. The van der Waals surface area contributed by atoms with E-state index >= 15 is 0 Å². The van der Waals surface area contributed by atoms with Gasteiger partial charge in [0, 0.05) is 12.1 Å². The van der Waals surface area contributed by atoms with Crippen LogP contribution in [0.1, 0.15) is 49.3 Å². The fourth-order valence-electron chi connectivity index (χ4n) is 3.82. The molecule has 0 spiro atoms. The minimum Gasteiger partial charge on any atom is -0.450 e. The highest BCUT2D eigenvalue weighted by Crippen LogP contribution is 2.49. The number of nitrogens with zero attached hydrogens (tertiary/aromatic N) is 1. The van der Waals surface area contributed by atoms with Crippen LogP contribution in [0.15, 0.2) is 24.3 Å². The predicted octanol–water partition coefficient (Wildman–Crippen LogP) is 7.45. The molecule has 29 heavy (non-hydrogen) atoms. The van der Waals surface area contributed by atoms with Crippen LogP contribution in [0.2, 0.25) is 10.0 Å². The molecule has 0 bridgehead atoms. The lowest BCUT2D eigenvalue weighted by molar-refractivity contribution is -0.136. The third kappa shape index (κ3) is 4.10. The molecule has 1 heterocycles. The average molecular weight is 447 g/mol. The minimum absolute atomic E-state index is 0.0390. The highest BCUT2D eigenvalue weighted by atomic mass is 35.5. The predicted molar refractivity (Wildman–Crippen MR) is 112 cm³/mol. The second kappa shape index (κ2) is 8.15. The van der Waals surface area contributed by atoms with Gasteiger partial charge in [-0.05, 0) is 55.0 Å². The van der Waals surface area contributed by atoms with Crippen LogP contribution in [0.25, 0.3) is 0 Å². The first-order valence-corrected chi connectivity index (χ1v) is 10.2. The molecule has 1 atom stereocenters. The zero-order valence-corrected chi connectivity index (χ0v) is 18.1. The summed E-state index contributed by atoms with van der Waals surface area (Å²) in [6.07, 6.45) is -3.66. The van der Waals surface area contributed by atoms with Gasteiger partial charge in [0.15, 0.2) is 0 Å². The van der Waals surface area contributed by atoms with Gasteiger partial charge in [-0.2, -0.15) is 13.2 Å². The van der Waals surface area contributed by atoms with Crippen LogP contribution in [0.5, 0.6) is 5.75 Å². The Morgan fingerprint density at radius 1 is 1.17 bits per heavy atom. The Balaban J connectivity index is 2.06. The second-order valence-corrected chi connectivity index (χ2v) is 8.04. The first-order chi connectivity index (χ1) is 13.6. The first-order valence-electron chi connectivity index (χ1n) is 9.44. The Morgan fingerprint density at radius 2 is 1.83 bits per heavy atom. The molecular weight excluding hydrogens is 424 g/mol. The molecule has 1 aliphatic heterocycles. The van der Waals surface area contributed by atoms with Gasteiger partial charge in [-0.15, -0.1) is 0 Å². The third-order valence-electron chi connectivity index (χ3n) is 5.34. The van der Waals surface area contributed by atoms with Crippen LogP contribution in [0.4, 0.5) is 24.5 Å². The van der Waals surface area contributed by atoms with Gasteiger partial charge in [0.2, 0.25) is 0 Å². The summed E-state index contributed by atoms with van der Waals surface area (Å²) in [7, 11) is 1.72. The summed E-state index contributed by atoms with van der Waals surface area (Å²) < 4.78 is 47.0. The van der Waals surface area contributed by atoms with Gasteiger partial charge in [-0.25, -0.2) is 0 Å². The number of hydrogen-bond acceptors (Lipinski definition) is 3. The molecular formula is C21H23Cl2F3N2O. The van der Waals surface area contributed by atoms with Gasteiger partial charge in [0.05, 0.1) is 22.0 Å². The quantitative estimate of drug-likeness (QED) is 0.515. The van der Waals surface area contributed by atoms with Crippen LogP contribution >= 0.6 is 23.2 Å². The van der Waals surface area contributed by atoms with Crippen molar-refractivity contribution in [2.45, 2.75) is 52.1 Å². The smallest absolute Gasteiger partial charge is 0.418 e. The van der Waals surface area contributed by atoms with E-state index in [0.717, 1.165) is 24.5 Å². The van der Waals surface area contributed by atoms with Crippen LogP contribution < -0.4 is 15.0 Å². The number of aryl methyl sites for hydroxylation is 1. The van der Waals surface area contributed by atoms with Crippen molar-refractivity contribution in [3.05, 3.63) is 51.0 Å². The third-order valence-corrected chi connectivity index (χ3v) is 5.83. The van der Waals surface area contributed by atoms with Crippen molar-refractivity contribution in [2.75, 3.05) is 17.3 Å². The van der Waals surface area contributed by atoms with Crippen LogP contribution in [0, 0.1) is 6.92 Å². The fourth-order valence-corrected chi connectivity index (χ4v) is 4.46. The summed E-state index contributed by atoms with van der Waals surface area (Å²) >= 11 is 12.3.